The molecule has 1 saturated heterocycles. The van der Waals surface area contributed by atoms with Crippen LogP contribution in [0.2, 0.25) is 0 Å². The number of benzene rings is 1. The van der Waals surface area contributed by atoms with Crippen molar-refractivity contribution in [1.82, 2.24) is 20.0 Å². The average molecular weight is 423 g/mol. The van der Waals surface area contributed by atoms with Crippen LogP contribution in [0.3, 0.4) is 0 Å². The minimum Gasteiger partial charge on any atom is -0.333 e. The summed E-state index contributed by atoms with van der Waals surface area (Å²) in [5, 5.41) is 7.97. The molecule has 0 aliphatic carbocycles. The van der Waals surface area contributed by atoms with Crippen LogP contribution in [0.1, 0.15) is 48.8 Å². The van der Waals surface area contributed by atoms with Gasteiger partial charge in [-0.3, -0.25) is 9.48 Å². The molecular formula is C22H32ClFN4O. The van der Waals surface area contributed by atoms with Crippen LogP contribution in [0.15, 0.2) is 24.3 Å². The molecule has 29 heavy (non-hydrogen) atoms. The molecule has 0 bridgehead atoms. The summed E-state index contributed by atoms with van der Waals surface area (Å²) >= 11 is 0. The van der Waals surface area contributed by atoms with Crippen molar-refractivity contribution in [3.63, 3.8) is 0 Å². The minimum atomic E-state index is -0.265. The Morgan fingerprint density at radius 2 is 2.10 bits per heavy atom. The lowest BCUT2D eigenvalue weighted by atomic mass is 10.0. The Labute approximate surface area is 179 Å². The van der Waals surface area contributed by atoms with Gasteiger partial charge in [-0.05, 0) is 49.4 Å². The number of carbonyl (C=O) groups is 1. The highest BCUT2D eigenvalue weighted by molar-refractivity contribution is 5.85. The van der Waals surface area contributed by atoms with Crippen molar-refractivity contribution >= 4 is 18.3 Å². The number of halogens is 2. The van der Waals surface area contributed by atoms with E-state index < -0.39 is 0 Å². The molecule has 1 unspecified atom stereocenters. The van der Waals surface area contributed by atoms with Gasteiger partial charge >= 0.3 is 0 Å². The van der Waals surface area contributed by atoms with Crippen molar-refractivity contribution in [2.24, 2.45) is 5.92 Å². The molecule has 0 spiro atoms. The lowest BCUT2D eigenvalue weighted by Crippen LogP contribution is -2.48. The average Bonchev–Trinajstić information content (AvgIpc) is 2.92. The Morgan fingerprint density at radius 3 is 2.79 bits per heavy atom. The first-order valence-corrected chi connectivity index (χ1v) is 10.2. The SMILES string of the molecule is Cc1nn(CC(C)C)c(C)c1CCC(=O)N1CCNCC1c1cccc(F)c1.Cl. The number of nitrogens with one attached hydrogen (secondary N) is 1. The fraction of sp³-hybridized carbons (Fsp3) is 0.545. The summed E-state index contributed by atoms with van der Waals surface area (Å²) in [6.45, 7) is 11.4. The molecule has 1 fully saturated rings. The summed E-state index contributed by atoms with van der Waals surface area (Å²) in [7, 11) is 0. The van der Waals surface area contributed by atoms with Crippen molar-refractivity contribution in [2.75, 3.05) is 19.6 Å². The minimum absolute atomic E-state index is 0. The van der Waals surface area contributed by atoms with Gasteiger partial charge in [-0.1, -0.05) is 26.0 Å². The quantitative estimate of drug-likeness (QED) is 0.769. The molecule has 1 atom stereocenters. The van der Waals surface area contributed by atoms with Crippen LogP contribution in [0, 0.1) is 25.6 Å². The molecule has 7 heteroatoms. The van der Waals surface area contributed by atoms with Crippen molar-refractivity contribution in [3.05, 3.63) is 52.6 Å². The standard InChI is InChI=1S/C22H31FN4O.ClH/c1-15(2)14-27-17(4)20(16(3)25-27)8-9-22(28)26-11-10-24-13-21(26)18-6-5-7-19(23)12-18;/h5-7,12,15,21,24H,8-11,13-14H2,1-4H3;1H. The van der Waals surface area contributed by atoms with E-state index in [4.69, 9.17) is 0 Å². The van der Waals surface area contributed by atoms with Gasteiger partial charge in [0.2, 0.25) is 5.91 Å². The van der Waals surface area contributed by atoms with Crippen LogP contribution in [0.25, 0.3) is 0 Å². The van der Waals surface area contributed by atoms with E-state index in [1.54, 1.807) is 6.07 Å². The first-order valence-electron chi connectivity index (χ1n) is 10.2. The molecular weight excluding hydrogens is 391 g/mol. The van der Waals surface area contributed by atoms with Crippen LogP contribution < -0.4 is 5.32 Å². The summed E-state index contributed by atoms with van der Waals surface area (Å²) < 4.78 is 15.7. The van der Waals surface area contributed by atoms with Crippen molar-refractivity contribution in [2.45, 2.75) is 53.1 Å². The molecule has 1 aromatic carbocycles. The Hall–Kier alpha value is -1.92. The highest BCUT2D eigenvalue weighted by Gasteiger charge is 2.28. The van der Waals surface area contributed by atoms with Crippen LogP contribution >= 0.6 is 12.4 Å². The van der Waals surface area contributed by atoms with Gasteiger partial charge < -0.3 is 10.2 Å². The molecule has 1 aliphatic rings. The first kappa shape index (κ1) is 23.4. The van der Waals surface area contributed by atoms with E-state index in [1.807, 2.05) is 17.9 Å². The normalized spacial score (nSPS) is 16.8. The lowest BCUT2D eigenvalue weighted by Gasteiger charge is -2.36. The second-order valence-corrected chi connectivity index (χ2v) is 8.09. The lowest BCUT2D eigenvalue weighted by molar-refractivity contribution is -0.134. The van der Waals surface area contributed by atoms with Gasteiger partial charge in [0.1, 0.15) is 5.82 Å². The van der Waals surface area contributed by atoms with Gasteiger partial charge in [0.25, 0.3) is 0 Å². The fourth-order valence-corrected chi connectivity index (χ4v) is 4.01. The zero-order valence-electron chi connectivity index (χ0n) is 17.7. The maximum Gasteiger partial charge on any atom is 0.223 e. The number of nitrogens with zero attached hydrogens (tertiary/aromatic N) is 3. The molecule has 1 amide bonds. The Balaban J connectivity index is 0.00000300. The molecule has 2 heterocycles. The zero-order valence-corrected chi connectivity index (χ0v) is 18.6. The van der Waals surface area contributed by atoms with Gasteiger partial charge in [0.15, 0.2) is 0 Å². The summed E-state index contributed by atoms with van der Waals surface area (Å²) in [6.07, 6.45) is 1.13. The number of aryl methyl sites for hydroxylation is 1. The highest BCUT2D eigenvalue weighted by Crippen LogP contribution is 2.25. The van der Waals surface area contributed by atoms with Crippen LogP contribution in [0.4, 0.5) is 4.39 Å². The molecule has 1 aromatic heterocycles. The Bertz CT molecular complexity index is 836. The van der Waals surface area contributed by atoms with Crippen LogP contribution in [0.5, 0.6) is 0 Å². The molecule has 1 aliphatic heterocycles. The molecule has 160 valence electrons. The molecule has 1 N–H and O–H groups in total. The summed E-state index contributed by atoms with van der Waals surface area (Å²) in [6, 6.07) is 6.44. The summed E-state index contributed by atoms with van der Waals surface area (Å²) in [4.78, 5) is 14.9. The number of hydrogen-bond donors (Lipinski definition) is 1. The van der Waals surface area contributed by atoms with E-state index in [1.165, 1.54) is 17.7 Å². The summed E-state index contributed by atoms with van der Waals surface area (Å²) in [5.41, 5.74) is 4.18. The van der Waals surface area contributed by atoms with E-state index >= 15 is 0 Å². The van der Waals surface area contributed by atoms with E-state index in [0.29, 0.717) is 31.8 Å². The Morgan fingerprint density at radius 1 is 1.34 bits per heavy atom. The third-order valence-electron chi connectivity index (χ3n) is 5.46. The molecule has 2 aromatic rings. The Kier molecular flexibility index (Phi) is 8.23. The van der Waals surface area contributed by atoms with Gasteiger partial charge in [0.05, 0.1) is 11.7 Å². The van der Waals surface area contributed by atoms with E-state index in [0.717, 1.165) is 30.0 Å². The van der Waals surface area contributed by atoms with Gasteiger partial charge in [-0.2, -0.15) is 5.10 Å². The van der Waals surface area contributed by atoms with Crippen molar-refractivity contribution < 1.29 is 9.18 Å². The summed E-state index contributed by atoms with van der Waals surface area (Å²) in [5.74, 6) is 0.380. The maximum atomic E-state index is 13.7. The predicted octanol–water partition coefficient (Wildman–Crippen LogP) is 3.82. The predicted molar refractivity (Wildman–Crippen MR) is 116 cm³/mol. The van der Waals surface area contributed by atoms with E-state index in [2.05, 4.69) is 35.9 Å². The van der Waals surface area contributed by atoms with Crippen LogP contribution in [-0.4, -0.2) is 40.2 Å². The second kappa shape index (κ2) is 10.2. The largest absolute Gasteiger partial charge is 0.333 e. The molecule has 0 saturated carbocycles. The van der Waals surface area contributed by atoms with E-state index in [9.17, 15) is 9.18 Å². The molecule has 0 radical (unpaired) electrons. The molecule has 5 nitrogen and oxygen atoms in total. The number of rotatable bonds is 6. The first-order chi connectivity index (χ1) is 13.4. The fourth-order valence-electron chi connectivity index (χ4n) is 4.01. The third kappa shape index (κ3) is 5.58. The number of piperazine rings is 1. The number of aromatic nitrogens is 2. The number of carbonyl (C=O) groups excluding carboxylic acids is 1. The number of hydrogen-bond acceptors (Lipinski definition) is 3. The number of amides is 1. The second-order valence-electron chi connectivity index (χ2n) is 8.09. The third-order valence-corrected chi connectivity index (χ3v) is 5.46. The molecule has 3 rings (SSSR count). The van der Waals surface area contributed by atoms with Gasteiger partial charge in [-0.25, -0.2) is 4.39 Å². The van der Waals surface area contributed by atoms with Crippen LogP contribution in [-0.2, 0) is 17.8 Å². The van der Waals surface area contributed by atoms with Gasteiger partial charge in [-0.15, -0.1) is 12.4 Å². The van der Waals surface area contributed by atoms with Crippen molar-refractivity contribution in [3.8, 4) is 0 Å². The maximum absolute atomic E-state index is 13.7. The smallest absolute Gasteiger partial charge is 0.223 e. The monoisotopic (exact) mass is 422 g/mol. The highest BCUT2D eigenvalue weighted by atomic mass is 35.5. The van der Waals surface area contributed by atoms with Crippen molar-refractivity contribution in [1.29, 1.82) is 0 Å². The zero-order chi connectivity index (χ0) is 20.3. The van der Waals surface area contributed by atoms with Gasteiger partial charge in [0, 0.05) is 38.3 Å². The van der Waals surface area contributed by atoms with E-state index in [-0.39, 0.29) is 30.2 Å². The topological polar surface area (TPSA) is 50.2 Å².